The van der Waals surface area contributed by atoms with Gasteiger partial charge >= 0.3 is 0 Å². The predicted molar refractivity (Wildman–Crippen MR) is 83.6 cm³/mol. The van der Waals surface area contributed by atoms with Crippen molar-refractivity contribution in [2.24, 2.45) is 0 Å². The molecule has 0 saturated heterocycles. The molecule has 0 aliphatic carbocycles. The first-order valence-electron chi connectivity index (χ1n) is 6.91. The zero-order valence-electron chi connectivity index (χ0n) is 12.9. The monoisotopic (exact) mass is 338 g/mol. The van der Waals surface area contributed by atoms with E-state index in [4.69, 9.17) is 0 Å². The molecule has 1 heterocycles. The zero-order chi connectivity index (χ0) is 16.9. The Kier molecular flexibility index (Phi) is 5.40. The molecule has 0 saturated carbocycles. The minimum absolute atomic E-state index is 0.234. The second-order valence-corrected chi connectivity index (χ2v) is 7.09. The van der Waals surface area contributed by atoms with Crippen LogP contribution < -0.4 is 5.32 Å². The number of hydrogen-bond donors (Lipinski definition) is 1. The molecule has 1 aromatic carbocycles. The van der Waals surface area contributed by atoms with Crippen molar-refractivity contribution in [3.8, 4) is 5.69 Å². The van der Waals surface area contributed by atoms with Crippen LogP contribution in [0.5, 0.6) is 0 Å². The van der Waals surface area contributed by atoms with Gasteiger partial charge in [0.05, 0.1) is 11.9 Å². The number of carbonyl (C=O) groups excluding carboxylic acids is 1. The Labute approximate surface area is 134 Å². The van der Waals surface area contributed by atoms with Crippen molar-refractivity contribution in [3.63, 3.8) is 0 Å². The molecular weight excluding hydrogens is 320 g/mol. The van der Waals surface area contributed by atoms with E-state index in [1.807, 2.05) is 0 Å². The summed E-state index contributed by atoms with van der Waals surface area (Å²) in [7, 11) is -1.68. The fourth-order valence-electron chi connectivity index (χ4n) is 1.84. The van der Waals surface area contributed by atoms with Gasteiger partial charge in [-0.2, -0.15) is 0 Å². The molecule has 0 aliphatic heterocycles. The fourth-order valence-corrected chi connectivity index (χ4v) is 2.30. The Morgan fingerprint density at radius 3 is 2.83 bits per heavy atom. The predicted octanol–water partition coefficient (Wildman–Crippen LogP) is -0.326. The molecule has 124 valence electrons. The van der Waals surface area contributed by atoms with E-state index in [9.17, 15) is 13.2 Å². The van der Waals surface area contributed by atoms with Crippen LogP contribution in [-0.4, -0.2) is 65.2 Å². The van der Waals surface area contributed by atoms with Crippen LogP contribution in [0.15, 0.2) is 30.6 Å². The summed E-state index contributed by atoms with van der Waals surface area (Å²) in [6.07, 6.45) is 3.12. The molecule has 0 spiro atoms. The third kappa shape index (κ3) is 4.83. The Morgan fingerprint density at radius 1 is 1.39 bits per heavy atom. The van der Waals surface area contributed by atoms with Crippen LogP contribution in [0, 0.1) is 0 Å². The highest BCUT2D eigenvalue weighted by Gasteiger charge is 2.11. The Hall–Kier alpha value is -2.33. The van der Waals surface area contributed by atoms with E-state index in [0.717, 1.165) is 6.26 Å². The maximum Gasteiger partial charge on any atom is 0.251 e. The highest BCUT2D eigenvalue weighted by molar-refractivity contribution is 7.88. The summed E-state index contributed by atoms with van der Waals surface area (Å²) in [4.78, 5) is 12.1. The van der Waals surface area contributed by atoms with Gasteiger partial charge in [0.2, 0.25) is 10.0 Å². The maximum absolute atomic E-state index is 12.1. The number of tetrazole rings is 1. The summed E-state index contributed by atoms with van der Waals surface area (Å²) < 4.78 is 25.2. The van der Waals surface area contributed by atoms with Crippen molar-refractivity contribution in [2.75, 3.05) is 26.4 Å². The van der Waals surface area contributed by atoms with Crippen molar-refractivity contribution >= 4 is 15.9 Å². The summed E-state index contributed by atoms with van der Waals surface area (Å²) in [5.74, 6) is -0.234. The average Bonchev–Trinajstić information content (AvgIpc) is 3.04. The molecule has 1 N–H and O–H groups in total. The quantitative estimate of drug-likeness (QED) is 0.693. The Balaban J connectivity index is 1.88. The lowest BCUT2D eigenvalue weighted by Gasteiger charge is -2.13. The van der Waals surface area contributed by atoms with Crippen molar-refractivity contribution in [1.29, 1.82) is 0 Å². The van der Waals surface area contributed by atoms with Crippen LogP contribution in [0.3, 0.4) is 0 Å². The van der Waals surface area contributed by atoms with Crippen molar-refractivity contribution in [2.45, 2.75) is 6.42 Å². The van der Waals surface area contributed by atoms with Crippen LogP contribution in [-0.2, 0) is 10.0 Å². The van der Waals surface area contributed by atoms with Gasteiger partial charge in [0.25, 0.3) is 5.91 Å². The van der Waals surface area contributed by atoms with E-state index in [2.05, 4.69) is 20.8 Å². The Bertz CT molecular complexity index is 760. The minimum atomic E-state index is -3.19. The molecule has 10 heteroatoms. The molecule has 9 nitrogen and oxygen atoms in total. The number of amides is 1. The molecule has 0 unspecified atom stereocenters. The maximum atomic E-state index is 12.1. The van der Waals surface area contributed by atoms with Gasteiger partial charge in [-0.3, -0.25) is 4.79 Å². The summed E-state index contributed by atoms with van der Waals surface area (Å²) in [5, 5.41) is 13.6. The van der Waals surface area contributed by atoms with Crippen molar-refractivity contribution < 1.29 is 13.2 Å². The molecule has 1 amide bonds. The number of benzene rings is 1. The Morgan fingerprint density at radius 2 is 2.17 bits per heavy atom. The molecular formula is C13H18N6O3S. The third-order valence-electron chi connectivity index (χ3n) is 3.22. The number of hydrogen-bond acceptors (Lipinski definition) is 6. The second kappa shape index (κ2) is 7.29. The van der Waals surface area contributed by atoms with Crippen molar-refractivity contribution in [3.05, 3.63) is 36.2 Å². The van der Waals surface area contributed by atoms with E-state index in [-0.39, 0.29) is 5.91 Å². The smallest absolute Gasteiger partial charge is 0.251 e. The molecule has 0 bridgehead atoms. The van der Waals surface area contributed by atoms with Gasteiger partial charge in [-0.25, -0.2) is 17.4 Å². The van der Waals surface area contributed by atoms with Gasteiger partial charge in [-0.1, -0.05) is 6.07 Å². The van der Waals surface area contributed by atoms with E-state index >= 15 is 0 Å². The number of nitrogens with one attached hydrogen (secondary N) is 1. The van der Waals surface area contributed by atoms with Gasteiger partial charge < -0.3 is 5.32 Å². The summed E-state index contributed by atoms with van der Waals surface area (Å²) >= 11 is 0. The number of rotatable bonds is 7. The highest BCUT2D eigenvalue weighted by Crippen LogP contribution is 2.08. The standard InChI is InChI=1S/C13H18N6O3S/c1-18(23(2,21)22)8-4-7-14-13(20)11-5-3-6-12(9-11)19-10-15-16-17-19/h3,5-6,9-10H,4,7-8H2,1-2H3,(H,14,20). The molecule has 1 aromatic heterocycles. The lowest BCUT2D eigenvalue weighted by atomic mass is 10.2. The summed E-state index contributed by atoms with van der Waals surface area (Å²) in [6.45, 7) is 0.734. The first-order chi connectivity index (χ1) is 10.9. The van der Waals surface area contributed by atoms with Crippen LogP contribution in [0.2, 0.25) is 0 Å². The van der Waals surface area contributed by atoms with Gasteiger partial charge in [0, 0.05) is 25.7 Å². The number of aromatic nitrogens is 4. The van der Waals surface area contributed by atoms with Gasteiger partial charge in [-0.05, 0) is 35.0 Å². The summed E-state index contributed by atoms with van der Waals surface area (Å²) in [6, 6.07) is 6.89. The SMILES string of the molecule is CN(CCCNC(=O)c1cccc(-n2cnnn2)c1)S(C)(=O)=O. The average molecular weight is 338 g/mol. The summed E-state index contributed by atoms with van der Waals surface area (Å²) in [5.41, 5.74) is 1.16. The largest absolute Gasteiger partial charge is 0.352 e. The van der Waals surface area contributed by atoms with Crippen molar-refractivity contribution in [1.82, 2.24) is 29.8 Å². The van der Waals surface area contributed by atoms with Crippen LogP contribution in [0.25, 0.3) is 5.69 Å². The van der Waals surface area contributed by atoms with Crippen LogP contribution in [0.1, 0.15) is 16.8 Å². The number of nitrogens with zero attached hydrogens (tertiary/aromatic N) is 5. The second-order valence-electron chi connectivity index (χ2n) is 5.00. The topological polar surface area (TPSA) is 110 Å². The highest BCUT2D eigenvalue weighted by atomic mass is 32.2. The molecule has 0 aliphatic rings. The lowest BCUT2D eigenvalue weighted by Crippen LogP contribution is -2.31. The van der Waals surface area contributed by atoms with Crippen LogP contribution >= 0.6 is 0 Å². The van der Waals surface area contributed by atoms with Gasteiger partial charge in [0.15, 0.2) is 0 Å². The molecule has 0 fully saturated rings. The number of carbonyl (C=O) groups is 1. The minimum Gasteiger partial charge on any atom is -0.352 e. The zero-order valence-corrected chi connectivity index (χ0v) is 13.7. The lowest BCUT2D eigenvalue weighted by molar-refractivity contribution is 0.0953. The molecule has 23 heavy (non-hydrogen) atoms. The van der Waals surface area contributed by atoms with Gasteiger partial charge in [0.1, 0.15) is 6.33 Å². The first kappa shape index (κ1) is 17.0. The van der Waals surface area contributed by atoms with E-state index in [1.165, 1.54) is 22.4 Å². The third-order valence-corrected chi connectivity index (χ3v) is 4.54. The van der Waals surface area contributed by atoms with Gasteiger partial charge in [-0.15, -0.1) is 5.10 Å². The van der Waals surface area contributed by atoms with E-state index in [0.29, 0.717) is 30.8 Å². The van der Waals surface area contributed by atoms with Crippen LogP contribution in [0.4, 0.5) is 0 Å². The molecule has 0 radical (unpaired) electrons. The molecule has 0 atom stereocenters. The normalized spacial score (nSPS) is 11.6. The van der Waals surface area contributed by atoms with E-state index in [1.54, 1.807) is 24.3 Å². The number of sulfonamides is 1. The first-order valence-corrected chi connectivity index (χ1v) is 8.75. The van der Waals surface area contributed by atoms with E-state index < -0.39 is 10.0 Å². The molecule has 2 aromatic rings. The fraction of sp³-hybridized carbons (Fsp3) is 0.385. The molecule has 2 rings (SSSR count).